The molecule has 2 aromatic rings. The molecule has 0 bridgehead atoms. The summed E-state index contributed by atoms with van der Waals surface area (Å²) in [7, 11) is 0. The van der Waals surface area contributed by atoms with Gasteiger partial charge in [0.05, 0.1) is 12.1 Å². The Balaban J connectivity index is 1.54. The molecule has 1 amide bonds. The monoisotopic (exact) mass is 318 g/mol. The first kappa shape index (κ1) is 14.9. The van der Waals surface area contributed by atoms with Crippen LogP contribution in [0, 0.1) is 6.92 Å². The van der Waals surface area contributed by atoms with Crippen LogP contribution >= 0.6 is 11.6 Å². The number of amides is 1. The molecule has 6 heteroatoms. The standard InChI is InChI=1S/C16H19ClN4O/c1-12-10-14(19-18-12)11-16(22)21-8-6-20(7-9-21)15-4-2-13(17)3-5-15/h2-5,10H,6-9,11H2,1H3,(H,18,19). The number of aryl methyl sites for hydroxylation is 1. The summed E-state index contributed by atoms with van der Waals surface area (Å²) in [4.78, 5) is 16.5. The molecule has 0 radical (unpaired) electrons. The van der Waals surface area contributed by atoms with Crippen molar-refractivity contribution in [2.75, 3.05) is 31.1 Å². The summed E-state index contributed by atoms with van der Waals surface area (Å²) in [5.41, 5.74) is 2.94. The van der Waals surface area contributed by atoms with E-state index < -0.39 is 0 Å². The van der Waals surface area contributed by atoms with Gasteiger partial charge in [-0.3, -0.25) is 9.89 Å². The summed E-state index contributed by atoms with van der Waals surface area (Å²) >= 11 is 5.91. The lowest BCUT2D eigenvalue weighted by Crippen LogP contribution is -2.49. The number of piperazine rings is 1. The first-order chi connectivity index (χ1) is 10.6. The zero-order valence-electron chi connectivity index (χ0n) is 12.6. The van der Waals surface area contributed by atoms with E-state index in [-0.39, 0.29) is 5.91 Å². The number of benzene rings is 1. The highest BCUT2D eigenvalue weighted by atomic mass is 35.5. The molecule has 1 fully saturated rings. The summed E-state index contributed by atoms with van der Waals surface area (Å²) in [6.45, 7) is 5.10. The average Bonchev–Trinajstić information content (AvgIpc) is 2.93. The average molecular weight is 319 g/mol. The highest BCUT2D eigenvalue weighted by Crippen LogP contribution is 2.19. The number of H-pyrrole nitrogens is 1. The maximum absolute atomic E-state index is 12.3. The van der Waals surface area contributed by atoms with E-state index in [0.717, 1.165) is 48.3 Å². The highest BCUT2D eigenvalue weighted by molar-refractivity contribution is 6.30. The smallest absolute Gasteiger partial charge is 0.228 e. The minimum atomic E-state index is 0.141. The van der Waals surface area contributed by atoms with Crippen LogP contribution in [0.5, 0.6) is 0 Å². The lowest BCUT2D eigenvalue weighted by Gasteiger charge is -2.36. The number of carbonyl (C=O) groups excluding carboxylic acids is 1. The van der Waals surface area contributed by atoms with Crippen LogP contribution in [0.25, 0.3) is 0 Å². The molecule has 1 aliphatic heterocycles. The van der Waals surface area contributed by atoms with Gasteiger partial charge in [0, 0.05) is 42.6 Å². The van der Waals surface area contributed by atoms with Crippen molar-refractivity contribution in [3.8, 4) is 0 Å². The van der Waals surface area contributed by atoms with Crippen molar-refractivity contribution in [1.82, 2.24) is 15.1 Å². The lowest BCUT2D eigenvalue weighted by atomic mass is 10.2. The second kappa shape index (κ2) is 6.40. The van der Waals surface area contributed by atoms with Crippen molar-refractivity contribution in [2.24, 2.45) is 0 Å². The molecule has 116 valence electrons. The number of nitrogens with one attached hydrogen (secondary N) is 1. The molecular weight excluding hydrogens is 300 g/mol. The Morgan fingerprint density at radius 3 is 2.50 bits per heavy atom. The van der Waals surface area contributed by atoms with E-state index in [1.54, 1.807) is 0 Å². The van der Waals surface area contributed by atoms with Crippen molar-refractivity contribution >= 4 is 23.2 Å². The van der Waals surface area contributed by atoms with Gasteiger partial charge in [-0.2, -0.15) is 5.10 Å². The van der Waals surface area contributed by atoms with E-state index in [1.807, 2.05) is 42.2 Å². The Labute approximate surface area is 134 Å². The second-order valence-electron chi connectivity index (χ2n) is 5.56. The Bertz CT molecular complexity index is 644. The van der Waals surface area contributed by atoms with Crippen LogP contribution in [0.4, 0.5) is 5.69 Å². The minimum Gasteiger partial charge on any atom is -0.368 e. The first-order valence-electron chi connectivity index (χ1n) is 7.41. The molecule has 0 unspecified atom stereocenters. The van der Waals surface area contributed by atoms with Gasteiger partial charge in [-0.05, 0) is 37.3 Å². The fourth-order valence-electron chi connectivity index (χ4n) is 2.70. The number of hydrogen-bond acceptors (Lipinski definition) is 3. The van der Waals surface area contributed by atoms with Crippen LogP contribution in [-0.4, -0.2) is 47.2 Å². The Morgan fingerprint density at radius 1 is 1.23 bits per heavy atom. The summed E-state index contributed by atoms with van der Waals surface area (Å²) < 4.78 is 0. The topological polar surface area (TPSA) is 52.2 Å². The first-order valence-corrected chi connectivity index (χ1v) is 7.79. The molecule has 1 N–H and O–H groups in total. The highest BCUT2D eigenvalue weighted by Gasteiger charge is 2.21. The van der Waals surface area contributed by atoms with Crippen LogP contribution in [0.1, 0.15) is 11.4 Å². The van der Waals surface area contributed by atoms with Gasteiger partial charge in [-0.25, -0.2) is 0 Å². The Hall–Kier alpha value is -2.01. The molecule has 0 spiro atoms. The number of halogens is 1. The van der Waals surface area contributed by atoms with E-state index in [4.69, 9.17) is 11.6 Å². The van der Waals surface area contributed by atoms with Crippen molar-refractivity contribution in [2.45, 2.75) is 13.3 Å². The third-order valence-electron chi connectivity index (χ3n) is 3.92. The molecule has 1 aromatic carbocycles. The van der Waals surface area contributed by atoms with Crippen molar-refractivity contribution < 1.29 is 4.79 Å². The van der Waals surface area contributed by atoms with Crippen molar-refractivity contribution in [3.63, 3.8) is 0 Å². The summed E-state index contributed by atoms with van der Waals surface area (Å²) in [5.74, 6) is 0.141. The molecule has 3 rings (SSSR count). The normalized spacial score (nSPS) is 15.2. The Kier molecular flexibility index (Phi) is 4.34. The molecule has 1 aromatic heterocycles. The van der Waals surface area contributed by atoms with Gasteiger partial charge >= 0.3 is 0 Å². The number of aromatic amines is 1. The van der Waals surface area contributed by atoms with Crippen LogP contribution in [0.2, 0.25) is 5.02 Å². The number of nitrogens with zero attached hydrogens (tertiary/aromatic N) is 3. The predicted octanol–water partition coefficient (Wildman–Crippen LogP) is 2.26. The van der Waals surface area contributed by atoms with Gasteiger partial charge in [0.1, 0.15) is 0 Å². The number of aromatic nitrogens is 2. The second-order valence-corrected chi connectivity index (χ2v) is 6.00. The molecule has 1 aliphatic rings. The fourth-order valence-corrected chi connectivity index (χ4v) is 2.82. The number of carbonyl (C=O) groups is 1. The van der Waals surface area contributed by atoms with E-state index in [2.05, 4.69) is 15.1 Å². The molecular formula is C16H19ClN4O. The molecule has 0 atom stereocenters. The fraction of sp³-hybridized carbons (Fsp3) is 0.375. The van der Waals surface area contributed by atoms with Crippen LogP contribution in [-0.2, 0) is 11.2 Å². The lowest BCUT2D eigenvalue weighted by molar-refractivity contribution is -0.130. The molecule has 0 aliphatic carbocycles. The molecule has 0 saturated carbocycles. The van der Waals surface area contributed by atoms with Gasteiger partial charge in [0.2, 0.25) is 5.91 Å². The van der Waals surface area contributed by atoms with Gasteiger partial charge in [0.15, 0.2) is 0 Å². The zero-order chi connectivity index (χ0) is 15.5. The molecule has 22 heavy (non-hydrogen) atoms. The van der Waals surface area contributed by atoms with Gasteiger partial charge in [0.25, 0.3) is 0 Å². The SMILES string of the molecule is Cc1cc(CC(=O)N2CCN(c3ccc(Cl)cc3)CC2)n[nH]1. The maximum Gasteiger partial charge on any atom is 0.228 e. The molecule has 2 heterocycles. The van der Waals surface area contributed by atoms with E-state index in [9.17, 15) is 4.79 Å². The van der Waals surface area contributed by atoms with E-state index in [1.165, 1.54) is 0 Å². The van der Waals surface area contributed by atoms with Gasteiger partial charge < -0.3 is 9.80 Å². The van der Waals surface area contributed by atoms with Crippen LogP contribution in [0.15, 0.2) is 30.3 Å². The summed E-state index contributed by atoms with van der Waals surface area (Å²) in [5, 5.41) is 7.74. The number of rotatable bonds is 3. The quantitative estimate of drug-likeness (QED) is 0.944. The third kappa shape index (κ3) is 3.42. The van der Waals surface area contributed by atoms with Crippen LogP contribution in [0.3, 0.4) is 0 Å². The molecule has 1 saturated heterocycles. The molecule has 5 nitrogen and oxygen atoms in total. The van der Waals surface area contributed by atoms with Crippen LogP contribution < -0.4 is 4.90 Å². The van der Waals surface area contributed by atoms with Crippen molar-refractivity contribution in [3.05, 3.63) is 46.7 Å². The van der Waals surface area contributed by atoms with E-state index in [0.29, 0.717) is 6.42 Å². The zero-order valence-corrected chi connectivity index (χ0v) is 13.3. The number of anilines is 1. The van der Waals surface area contributed by atoms with Crippen molar-refractivity contribution in [1.29, 1.82) is 0 Å². The number of hydrogen-bond donors (Lipinski definition) is 1. The summed E-state index contributed by atoms with van der Waals surface area (Å²) in [6.07, 6.45) is 0.366. The van der Waals surface area contributed by atoms with Gasteiger partial charge in [-0.1, -0.05) is 11.6 Å². The largest absolute Gasteiger partial charge is 0.368 e. The van der Waals surface area contributed by atoms with Gasteiger partial charge in [-0.15, -0.1) is 0 Å². The van der Waals surface area contributed by atoms with E-state index >= 15 is 0 Å². The predicted molar refractivity (Wildman–Crippen MR) is 87.3 cm³/mol. The minimum absolute atomic E-state index is 0.141. The Morgan fingerprint density at radius 2 is 1.91 bits per heavy atom. The maximum atomic E-state index is 12.3. The third-order valence-corrected chi connectivity index (χ3v) is 4.17. The summed E-state index contributed by atoms with van der Waals surface area (Å²) in [6, 6.07) is 9.75.